The Bertz CT molecular complexity index is 731. The summed E-state index contributed by atoms with van der Waals surface area (Å²) in [6, 6.07) is 14.0. The monoisotopic (exact) mass is 342 g/mol. The average Bonchev–Trinajstić information content (AvgIpc) is 2.65. The van der Waals surface area contributed by atoms with Crippen molar-refractivity contribution in [2.45, 2.75) is 13.3 Å². The molecule has 25 heavy (non-hydrogen) atoms. The lowest BCUT2D eigenvalue weighted by atomic mass is 10.1. The van der Waals surface area contributed by atoms with Gasteiger partial charge in [0, 0.05) is 5.69 Å². The Balaban J connectivity index is 1.78. The summed E-state index contributed by atoms with van der Waals surface area (Å²) < 4.78 is 10.3. The number of esters is 1. The third-order valence-electron chi connectivity index (χ3n) is 3.54. The van der Waals surface area contributed by atoms with Crippen LogP contribution in [0.3, 0.4) is 0 Å². The van der Waals surface area contributed by atoms with Gasteiger partial charge in [-0.05, 0) is 36.2 Å². The molecule has 2 rings (SSSR count). The highest BCUT2D eigenvalue weighted by Gasteiger charge is 2.07. The van der Waals surface area contributed by atoms with Crippen molar-refractivity contribution >= 4 is 17.7 Å². The number of hydrogen-bond acceptors (Lipinski definition) is 4. The molecule has 0 aliphatic rings. The lowest BCUT2D eigenvalue weighted by Gasteiger charge is -2.11. The number of benzene rings is 2. The summed E-state index contributed by atoms with van der Waals surface area (Å²) in [5.74, 6) is 0.380. The quantitative estimate of drug-likeness (QED) is 0.598. The van der Waals surface area contributed by atoms with Gasteiger partial charge in [-0.3, -0.25) is 0 Å². The van der Waals surface area contributed by atoms with Crippen molar-refractivity contribution in [3.8, 4) is 5.75 Å². The third kappa shape index (κ3) is 5.53. The molecule has 6 heteroatoms. The van der Waals surface area contributed by atoms with E-state index in [2.05, 4.69) is 22.3 Å². The van der Waals surface area contributed by atoms with E-state index in [-0.39, 0.29) is 6.03 Å². The topological polar surface area (TPSA) is 76.7 Å². The Kier molecular flexibility index (Phi) is 6.83. The number of nitrogens with one attached hydrogen (secondary N) is 2. The summed E-state index contributed by atoms with van der Waals surface area (Å²) in [7, 11) is 1.31. The van der Waals surface area contributed by atoms with Crippen molar-refractivity contribution in [2.24, 2.45) is 0 Å². The van der Waals surface area contributed by atoms with Crippen LogP contribution in [0.1, 0.15) is 22.8 Å². The zero-order valence-corrected chi connectivity index (χ0v) is 14.4. The standard InChI is InChI=1S/C19H22N2O4/c1-3-14-7-4-5-10-17(14)25-12-11-20-19(23)21-16-9-6-8-15(13-16)18(22)24-2/h4-10,13H,3,11-12H2,1-2H3,(H2,20,21,23). The zero-order chi connectivity index (χ0) is 18.1. The summed E-state index contributed by atoms with van der Waals surface area (Å²) in [5.41, 5.74) is 2.02. The van der Waals surface area contributed by atoms with Crippen molar-refractivity contribution in [1.29, 1.82) is 0 Å². The second-order valence-corrected chi connectivity index (χ2v) is 5.26. The van der Waals surface area contributed by atoms with E-state index in [0.29, 0.717) is 24.4 Å². The summed E-state index contributed by atoms with van der Waals surface area (Å²) in [6.07, 6.45) is 0.890. The molecule has 2 N–H and O–H groups in total. The Hall–Kier alpha value is -3.02. The van der Waals surface area contributed by atoms with Crippen LogP contribution in [-0.2, 0) is 11.2 Å². The molecule has 0 unspecified atom stereocenters. The maximum absolute atomic E-state index is 11.9. The molecular formula is C19H22N2O4. The van der Waals surface area contributed by atoms with Crippen LogP contribution < -0.4 is 15.4 Å². The van der Waals surface area contributed by atoms with Crippen LogP contribution >= 0.6 is 0 Å². The maximum atomic E-state index is 11.9. The highest BCUT2D eigenvalue weighted by atomic mass is 16.5. The predicted molar refractivity (Wildman–Crippen MR) is 96.1 cm³/mol. The van der Waals surface area contributed by atoms with E-state index < -0.39 is 5.97 Å². The van der Waals surface area contributed by atoms with Gasteiger partial charge in [-0.1, -0.05) is 31.2 Å². The molecule has 0 atom stereocenters. The van der Waals surface area contributed by atoms with Crippen LogP contribution in [0, 0.1) is 0 Å². The molecule has 0 fully saturated rings. The second kappa shape index (κ2) is 9.32. The Morgan fingerprint density at radius 3 is 2.64 bits per heavy atom. The van der Waals surface area contributed by atoms with Crippen LogP contribution in [0.4, 0.5) is 10.5 Å². The van der Waals surface area contributed by atoms with Gasteiger partial charge < -0.3 is 20.1 Å². The number of aryl methyl sites for hydroxylation is 1. The minimum absolute atomic E-state index is 0.362. The first-order valence-electron chi connectivity index (χ1n) is 8.08. The van der Waals surface area contributed by atoms with E-state index in [1.165, 1.54) is 7.11 Å². The first kappa shape index (κ1) is 18.3. The van der Waals surface area contributed by atoms with E-state index in [0.717, 1.165) is 17.7 Å². The van der Waals surface area contributed by atoms with Gasteiger partial charge in [0.2, 0.25) is 0 Å². The van der Waals surface area contributed by atoms with Crippen molar-refractivity contribution in [3.05, 3.63) is 59.7 Å². The van der Waals surface area contributed by atoms with Gasteiger partial charge >= 0.3 is 12.0 Å². The average molecular weight is 342 g/mol. The highest BCUT2D eigenvalue weighted by molar-refractivity contribution is 5.93. The number of urea groups is 1. The maximum Gasteiger partial charge on any atom is 0.337 e. The third-order valence-corrected chi connectivity index (χ3v) is 3.54. The number of carbonyl (C=O) groups is 2. The van der Waals surface area contributed by atoms with Crippen LogP contribution in [0.2, 0.25) is 0 Å². The van der Waals surface area contributed by atoms with Crippen LogP contribution in [0.25, 0.3) is 0 Å². The van der Waals surface area contributed by atoms with E-state index in [4.69, 9.17) is 4.74 Å². The molecule has 0 saturated heterocycles. The predicted octanol–water partition coefficient (Wildman–Crippen LogP) is 3.24. The number of methoxy groups -OCH3 is 1. The molecule has 0 spiro atoms. The molecule has 0 saturated carbocycles. The zero-order valence-electron chi connectivity index (χ0n) is 14.4. The summed E-state index contributed by atoms with van der Waals surface area (Å²) in [4.78, 5) is 23.4. The van der Waals surface area contributed by atoms with E-state index in [1.54, 1.807) is 24.3 Å². The van der Waals surface area contributed by atoms with Gasteiger partial charge in [0.1, 0.15) is 12.4 Å². The number of para-hydroxylation sites is 1. The highest BCUT2D eigenvalue weighted by Crippen LogP contribution is 2.17. The largest absolute Gasteiger partial charge is 0.491 e. The second-order valence-electron chi connectivity index (χ2n) is 5.26. The lowest BCUT2D eigenvalue weighted by molar-refractivity contribution is 0.0600. The summed E-state index contributed by atoms with van der Waals surface area (Å²) in [5, 5.41) is 5.38. The fourth-order valence-corrected chi connectivity index (χ4v) is 2.28. The Morgan fingerprint density at radius 1 is 1.08 bits per heavy atom. The molecular weight excluding hydrogens is 320 g/mol. The van der Waals surface area contributed by atoms with Crippen molar-refractivity contribution < 1.29 is 19.1 Å². The molecule has 0 bridgehead atoms. The van der Waals surface area contributed by atoms with Crippen LogP contribution in [0.15, 0.2) is 48.5 Å². The van der Waals surface area contributed by atoms with Crippen LogP contribution in [0.5, 0.6) is 5.75 Å². The first-order valence-corrected chi connectivity index (χ1v) is 8.08. The summed E-state index contributed by atoms with van der Waals surface area (Å²) >= 11 is 0. The molecule has 6 nitrogen and oxygen atoms in total. The summed E-state index contributed by atoms with van der Waals surface area (Å²) in [6.45, 7) is 2.80. The Labute approximate surface area is 147 Å². The number of rotatable bonds is 7. The number of ether oxygens (including phenoxy) is 2. The van der Waals surface area contributed by atoms with Gasteiger partial charge in [-0.25, -0.2) is 9.59 Å². The van der Waals surface area contributed by atoms with Crippen molar-refractivity contribution in [2.75, 3.05) is 25.6 Å². The fourth-order valence-electron chi connectivity index (χ4n) is 2.28. The van der Waals surface area contributed by atoms with Gasteiger partial charge in [-0.15, -0.1) is 0 Å². The Morgan fingerprint density at radius 2 is 1.88 bits per heavy atom. The molecule has 0 radical (unpaired) electrons. The normalized spacial score (nSPS) is 10.0. The van der Waals surface area contributed by atoms with Crippen LogP contribution in [-0.4, -0.2) is 32.3 Å². The SMILES string of the molecule is CCc1ccccc1OCCNC(=O)Nc1cccc(C(=O)OC)c1. The number of hydrogen-bond donors (Lipinski definition) is 2. The number of amides is 2. The van der Waals surface area contributed by atoms with E-state index >= 15 is 0 Å². The van der Waals surface area contributed by atoms with Crippen molar-refractivity contribution in [1.82, 2.24) is 5.32 Å². The fraction of sp³-hybridized carbons (Fsp3) is 0.263. The molecule has 132 valence electrons. The van der Waals surface area contributed by atoms with E-state index in [1.807, 2.05) is 24.3 Å². The molecule has 0 heterocycles. The van der Waals surface area contributed by atoms with Gasteiger partial charge in [-0.2, -0.15) is 0 Å². The molecule has 2 aromatic rings. The molecule has 2 amide bonds. The van der Waals surface area contributed by atoms with Gasteiger partial charge in [0.25, 0.3) is 0 Å². The number of anilines is 1. The first-order chi connectivity index (χ1) is 12.1. The minimum Gasteiger partial charge on any atom is -0.491 e. The smallest absolute Gasteiger partial charge is 0.337 e. The van der Waals surface area contributed by atoms with Gasteiger partial charge in [0.05, 0.1) is 19.2 Å². The molecule has 0 aliphatic carbocycles. The van der Waals surface area contributed by atoms with Gasteiger partial charge in [0.15, 0.2) is 0 Å². The number of carbonyl (C=O) groups excluding carboxylic acids is 2. The molecule has 2 aromatic carbocycles. The van der Waals surface area contributed by atoms with Crippen molar-refractivity contribution in [3.63, 3.8) is 0 Å². The minimum atomic E-state index is -0.452. The van der Waals surface area contributed by atoms with E-state index in [9.17, 15) is 9.59 Å². The lowest BCUT2D eigenvalue weighted by Crippen LogP contribution is -2.32. The molecule has 0 aliphatic heterocycles. The molecule has 0 aromatic heterocycles.